The summed E-state index contributed by atoms with van der Waals surface area (Å²) in [5.74, 6) is -0.164. The van der Waals surface area contributed by atoms with E-state index in [4.69, 9.17) is 9.47 Å². The van der Waals surface area contributed by atoms with Crippen LogP contribution in [0.2, 0.25) is 0 Å². The molecule has 2 atom stereocenters. The van der Waals surface area contributed by atoms with Gasteiger partial charge < -0.3 is 20.1 Å². The third-order valence-electron chi connectivity index (χ3n) is 5.13. The lowest BCUT2D eigenvalue weighted by Crippen LogP contribution is -2.45. The fraction of sp³-hybridized carbons (Fsp3) is 0.565. The number of halogens is 3. The van der Waals surface area contributed by atoms with Gasteiger partial charge in [-0.05, 0) is 56.5 Å². The van der Waals surface area contributed by atoms with Crippen LogP contribution in [0.15, 0.2) is 36.4 Å². The van der Waals surface area contributed by atoms with Crippen LogP contribution in [0.4, 0.5) is 13.2 Å². The molecular formula is C23H33F3N2O2. The highest BCUT2D eigenvalue weighted by Gasteiger charge is 2.35. The first kappa shape index (κ1) is 24.3. The van der Waals surface area contributed by atoms with Crippen LogP contribution in [0.5, 0.6) is 5.75 Å². The second kappa shape index (κ2) is 12.0. The van der Waals surface area contributed by atoms with Crippen molar-refractivity contribution in [3.8, 4) is 5.75 Å². The van der Waals surface area contributed by atoms with Gasteiger partial charge >= 0.3 is 6.18 Å². The van der Waals surface area contributed by atoms with Gasteiger partial charge in [-0.2, -0.15) is 13.2 Å². The summed E-state index contributed by atoms with van der Waals surface area (Å²) in [4.78, 5) is 0. The molecule has 4 nitrogen and oxygen atoms in total. The summed E-state index contributed by atoms with van der Waals surface area (Å²) in [6, 6.07) is 4.28. The maximum Gasteiger partial charge on any atom is 0.419 e. The number of alkyl halides is 3. The molecule has 2 N–H and O–H groups in total. The predicted molar refractivity (Wildman–Crippen MR) is 114 cm³/mol. The van der Waals surface area contributed by atoms with Crippen molar-refractivity contribution in [3.63, 3.8) is 0 Å². The summed E-state index contributed by atoms with van der Waals surface area (Å²) in [6.07, 6.45) is 5.66. The first-order valence-corrected chi connectivity index (χ1v) is 10.6. The largest absolute Gasteiger partial charge is 0.489 e. The highest BCUT2D eigenvalue weighted by atomic mass is 19.4. The minimum Gasteiger partial charge on any atom is -0.489 e. The summed E-state index contributed by atoms with van der Waals surface area (Å²) in [5.41, 5.74) is 0.249. The third kappa shape index (κ3) is 7.06. The van der Waals surface area contributed by atoms with Crippen molar-refractivity contribution in [1.29, 1.82) is 0 Å². The monoisotopic (exact) mass is 426 g/mol. The molecule has 0 aromatic heterocycles. The number of unbranched alkanes of at least 4 members (excludes halogenated alkanes) is 2. The molecule has 1 aliphatic heterocycles. The zero-order valence-electron chi connectivity index (χ0n) is 18.0. The molecule has 1 saturated heterocycles. The van der Waals surface area contributed by atoms with E-state index in [2.05, 4.69) is 17.6 Å². The Bertz CT molecular complexity index is 711. The second-order valence-corrected chi connectivity index (χ2v) is 7.34. The minimum atomic E-state index is -4.51. The van der Waals surface area contributed by atoms with Crippen molar-refractivity contribution in [2.75, 3.05) is 20.3 Å². The van der Waals surface area contributed by atoms with Crippen LogP contribution >= 0.6 is 0 Å². The maximum atomic E-state index is 13.7. The first-order chi connectivity index (χ1) is 14.4. The molecule has 0 amide bonds. The zero-order chi connectivity index (χ0) is 22.0. The lowest BCUT2D eigenvalue weighted by molar-refractivity contribution is -0.138. The van der Waals surface area contributed by atoms with E-state index in [9.17, 15) is 13.2 Å². The van der Waals surface area contributed by atoms with E-state index in [0.717, 1.165) is 44.7 Å². The zero-order valence-corrected chi connectivity index (χ0v) is 18.0. The third-order valence-corrected chi connectivity index (χ3v) is 5.13. The van der Waals surface area contributed by atoms with Gasteiger partial charge in [0.1, 0.15) is 18.6 Å². The van der Waals surface area contributed by atoms with Gasteiger partial charge in [-0.25, -0.2) is 0 Å². The van der Waals surface area contributed by atoms with Crippen molar-refractivity contribution in [2.45, 2.75) is 64.4 Å². The summed E-state index contributed by atoms with van der Waals surface area (Å²) < 4.78 is 52.0. The number of benzene rings is 1. The van der Waals surface area contributed by atoms with E-state index < -0.39 is 11.7 Å². The van der Waals surface area contributed by atoms with Gasteiger partial charge in [0.25, 0.3) is 0 Å². The topological polar surface area (TPSA) is 42.5 Å². The number of rotatable bonds is 11. The van der Waals surface area contributed by atoms with Crippen molar-refractivity contribution in [3.05, 3.63) is 47.6 Å². The van der Waals surface area contributed by atoms with Crippen LogP contribution < -0.4 is 15.4 Å². The Labute approximate surface area is 177 Å². The summed E-state index contributed by atoms with van der Waals surface area (Å²) in [7, 11) is 1.59. The molecule has 1 fully saturated rings. The summed E-state index contributed by atoms with van der Waals surface area (Å²) in [5, 5.41) is 6.59. The van der Waals surface area contributed by atoms with E-state index in [0.29, 0.717) is 11.3 Å². The number of ether oxygens (including phenoxy) is 2. The average Bonchev–Trinajstić information content (AvgIpc) is 3.25. The van der Waals surface area contributed by atoms with E-state index in [1.54, 1.807) is 32.3 Å². The Balaban J connectivity index is 2.16. The van der Waals surface area contributed by atoms with Gasteiger partial charge in [-0.3, -0.25) is 0 Å². The number of nitrogens with one attached hydrogen (secondary N) is 2. The molecule has 1 heterocycles. The second-order valence-electron chi connectivity index (χ2n) is 7.34. The fourth-order valence-corrected chi connectivity index (χ4v) is 3.47. The molecule has 1 aromatic rings. The average molecular weight is 427 g/mol. The molecule has 0 radical (unpaired) electrons. The molecule has 0 spiro atoms. The quantitative estimate of drug-likeness (QED) is 0.278. The van der Waals surface area contributed by atoms with Crippen LogP contribution in [0.25, 0.3) is 5.70 Å². The van der Waals surface area contributed by atoms with Crippen LogP contribution in [0, 0.1) is 0 Å². The molecular weight excluding hydrogens is 393 g/mol. The Morgan fingerprint density at radius 2 is 2.13 bits per heavy atom. The molecule has 2 rings (SSSR count). The van der Waals surface area contributed by atoms with Crippen LogP contribution in [-0.4, -0.2) is 32.5 Å². The van der Waals surface area contributed by atoms with E-state index >= 15 is 0 Å². The predicted octanol–water partition coefficient (Wildman–Crippen LogP) is 5.51. The van der Waals surface area contributed by atoms with Gasteiger partial charge in [0, 0.05) is 12.8 Å². The van der Waals surface area contributed by atoms with Crippen LogP contribution in [0.3, 0.4) is 0 Å². The minimum absolute atomic E-state index is 0.111. The number of allylic oxidation sites excluding steroid dienone is 2. The Hall–Kier alpha value is -1.99. The van der Waals surface area contributed by atoms with Gasteiger partial charge in [0.05, 0.1) is 11.6 Å². The van der Waals surface area contributed by atoms with Crippen molar-refractivity contribution in [2.24, 2.45) is 0 Å². The first-order valence-electron chi connectivity index (χ1n) is 10.6. The van der Waals surface area contributed by atoms with Gasteiger partial charge in [-0.1, -0.05) is 38.0 Å². The molecule has 1 aliphatic rings. The van der Waals surface area contributed by atoms with Gasteiger partial charge in [0.2, 0.25) is 0 Å². The molecule has 0 aliphatic carbocycles. The molecule has 1 aromatic carbocycles. The Morgan fingerprint density at radius 3 is 2.73 bits per heavy atom. The van der Waals surface area contributed by atoms with E-state index in [1.807, 2.05) is 6.08 Å². The van der Waals surface area contributed by atoms with Gasteiger partial charge in [0.15, 0.2) is 0 Å². The highest BCUT2D eigenvalue weighted by Crippen LogP contribution is 2.38. The lowest BCUT2D eigenvalue weighted by Gasteiger charge is -2.26. The van der Waals surface area contributed by atoms with E-state index in [1.165, 1.54) is 6.07 Å². The van der Waals surface area contributed by atoms with Crippen molar-refractivity contribution in [1.82, 2.24) is 10.6 Å². The lowest BCUT2D eigenvalue weighted by atomic mass is 10.1. The highest BCUT2D eigenvalue weighted by molar-refractivity contribution is 5.66. The van der Waals surface area contributed by atoms with Gasteiger partial charge in [-0.15, -0.1) is 0 Å². The summed E-state index contributed by atoms with van der Waals surface area (Å²) in [6.45, 7) is 4.90. The molecule has 168 valence electrons. The fourth-order valence-electron chi connectivity index (χ4n) is 3.47. The molecule has 7 heteroatoms. The van der Waals surface area contributed by atoms with Crippen LogP contribution in [0.1, 0.15) is 57.1 Å². The maximum absolute atomic E-state index is 13.7. The smallest absolute Gasteiger partial charge is 0.419 e. The normalized spacial score (nSPS) is 18.7. The van der Waals surface area contributed by atoms with Crippen molar-refractivity contribution < 1.29 is 22.6 Å². The van der Waals surface area contributed by atoms with Crippen LogP contribution in [-0.2, 0) is 10.9 Å². The number of hydrogen-bond donors (Lipinski definition) is 2. The molecule has 30 heavy (non-hydrogen) atoms. The molecule has 0 bridgehead atoms. The standard InChI is InChI=1S/C23H33F3N2O2/c1-4-6-7-8-9-15-30-21-13-12-17(16-18(21)23(24,25)26)19(5-2)28-22(29-3)20-11-10-14-27-20/h5,8-9,12-13,16,20,22,27-28H,4,6-7,10-11,14-15H2,1-3H3/b9-8+,19-5-. The number of hydrogen-bond acceptors (Lipinski definition) is 4. The molecule has 2 unspecified atom stereocenters. The SMILES string of the molecule is C/C=C(\NC(OC)C1CCCN1)c1ccc(OC/C=C/CCCC)c(C(F)(F)F)c1. The number of methoxy groups -OCH3 is 1. The Morgan fingerprint density at radius 1 is 1.33 bits per heavy atom. The van der Waals surface area contributed by atoms with E-state index in [-0.39, 0.29) is 24.6 Å². The van der Waals surface area contributed by atoms with Crippen molar-refractivity contribution >= 4 is 5.70 Å². The summed E-state index contributed by atoms with van der Waals surface area (Å²) >= 11 is 0. The molecule has 0 saturated carbocycles. The Kier molecular flexibility index (Phi) is 9.72.